The van der Waals surface area contributed by atoms with Crippen LogP contribution in [0.3, 0.4) is 0 Å². The second-order valence-corrected chi connectivity index (χ2v) is 6.99. The maximum absolute atomic E-state index is 9.30. The Labute approximate surface area is 107 Å². The van der Waals surface area contributed by atoms with E-state index < -0.39 is 0 Å². The molecule has 0 aromatic heterocycles. The average Bonchev–Trinajstić information content (AvgIpc) is 2.27. The van der Waals surface area contributed by atoms with Gasteiger partial charge in [-0.15, -0.1) is 0 Å². The average molecular weight is 241 g/mol. The van der Waals surface area contributed by atoms with Gasteiger partial charge in [0.25, 0.3) is 0 Å². The summed E-state index contributed by atoms with van der Waals surface area (Å²) in [6.07, 6.45) is 6.86. The Morgan fingerprint density at radius 2 is 1.82 bits per heavy atom. The standard InChI is InChI=1S/C15H31NO/c1-5-13(16)15(10-11-17)8-6-12(7-9-15)14(2,3)4/h12-13,17H,5-11,16H2,1-4H3. The molecule has 2 heteroatoms. The molecule has 0 aromatic rings. The first-order valence-corrected chi connectivity index (χ1v) is 7.22. The fourth-order valence-electron chi connectivity index (χ4n) is 3.52. The van der Waals surface area contributed by atoms with E-state index in [0.29, 0.717) is 5.41 Å². The quantitative estimate of drug-likeness (QED) is 0.793. The molecule has 1 saturated carbocycles. The minimum atomic E-state index is 0.214. The third-order valence-corrected chi connectivity index (χ3v) is 5.04. The van der Waals surface area contributed by atoms with Gasteiger partial charge >= 0.3 is 0 Å². The van der Waals surface area contributed by atoms with Crippen molar-refractivity contribution in [2.75, 3.05) is 6.61 Å². The van der Waals surface area contributed by atoms with Crippen LogP contribution in [0.4, 0.5) is 0 Å². The van der Waals surface area contributed by atoms with Crippen molar-refractivity contribution in [1.29, 1.82) is 0 Å². The summed E-state index contributed by atoms with van der Waals surface area (Å²) in [6.45, 7) is 9.48. The lowest BCUT2D eigenvalue weighted by atomic mass is 9.60. The van der Waals surface area contributed by atoms with Crippen molar-refractivity contribution >= 4 is 0 Å². The number of nitrogens with two attached hydrogens (primary N) is 1. The Bertz CT molecular complexity index is 224. The van der Waals surface area contributed by atoms with E-state index in [2.05, 4.69) is 27.7 Å². The molecule has 1 aliphatic carbocycles. The van der Waals surface area contributed by atoms with E-state index in [9.17, 15) is 5.11 Å². The fourth-order valence-corrected chi connectivity index (χ4v) is 3.52. The van der Waals surface area contributed by atoms with Gasteiger partial charge in [0, 0.05) is 12.6 Å². The minimum absolute atomic E-state index is 0.214. The van der Waals surface area contributed by atoms with Crippen molar-refractivity contribution in [1.82, 2.24) is 0 Å². The third-order valence-electron chi connectivity index (χ3n) is 5.04. The summed E-state index contributed by atoms with van der Waals surface area (Å²) in [6, 6.07) is 0.260. The maximum atomic E-state index is 9.30. The van der Waals surface area contributed by atoms with Crippen LogP contribution < -0.4 is 5.73 Å². The molecule has 1 rings (SSSR count). The molecule has 1 unspecified atom stereocenters. The van der Waals surface area contributed by atoms with E-state index in [0.717, 1.165) is 18.8 Å². The summed E-state index contributed by atoms with van der Waals surface area (Å²) in [5.41, 5.74) is 6.94. The molecule has 1 fully saturated rings. The number of rotatable bonds is 4. The van der Waals surface area contributed by atoms with Gasteiger partial charge < -0.3 is 10.8 Å². The molecule has 2 nitrogen and oxygen atoms in total. The van der Waals surface area contributed by atoms with E-state index >= 15 is 0 Å². The predicted molar refractivity (Wildman–Crippen MR) is 73.8 cm³/mol. The first-order chi connectivity index (χ1) is 7.85. The number of aliphatic hydroxyl groups excluding tert-OH is 1. The molecule has 102 valence electrons. The largest absolute Gasteiger partial charge is 0.396 e. The van der Waals surface area contributed by atoms with Gasteiger partial charge in [-0.25, -0.2) is 0 Å². The van der Waals surface area contributed by atoms with Crippen LogP contribution in [-0.4, -0.2) is 17.8 Å². The van der Waals surface area contributed by atoms with Crippen molar-refractivity contribution in [2.24, 2.45) is 22.5 Å². The van der Waals surface area contributed by atoms with Crippen LogP contribution in [0.15, 0.2) is 0 Å². The zero-order valence-corrected chi connectivity index (χ0v) is 12.1. The highest BCUT2D eigenvalue weighted by molar-refractivity contribution is 4.94. The summed E-state index contributed by atoms with van der Waals surface area (Å²) in [7, 11) is 0. The van der Waals surface area contributed by atoms with E-state index in [1.165, 1.54) is 25.7 Å². The van der Waals surface area contributed by atoms with Crippen LogP contribution in [0, 0.1) is 16.7 Å². The highest BCUT2D eigenvalue weighted by Crippen LogP contribution is 2.48. The topological polar surface area (TPSA) is 46.2 Å². The predicted octanol–water partition coefficient (Wildman–Crippen LogP) is 3.33. The van der Waals surface area contributed by atoms with Gasteiger partial charge in [-0.2, -0.15) is 0 Å². The molecule has 1 aliphatic rings. The van der Waals surface area contributed by atoms with Crippen molar-refractivity contribution in [2.45, 2.75) is 72.3 Å². The number of aliphatic hydroxyl groups is 1. The van der Waals surface area contributed by atoms with Crippen LogP contribution in [0.2, 0.25) is 0 Å². The van der Waals surface area contributed by atoms with Gasteiger partial charge in [0.15, 0.2) is 0 Å². The maximum Gasteiger partial charge on any atom is 0.0436 e. The van der Waals surface area contributed by atoms with Crippen LogP contribution in [0.1, 0.15) is 66.2 Å². The molecular weight excluding hydrogens is 210 g/mol. The zero-order chi connectivity index (χ0) is 13.1. The lowest BCUT2D eigenvalue weighted by Gasteiger charge is -2.47. The van der Waals surface area contributed by atoms with Gasteiger partial charge in [-0.1, -0.05) is 27.7 Å². The summed E-state index contributed by atoms with van der Waals surface area (Å²) >= 11 is 0. The van der Waals surface area contributed by atoms with Crippen LogP contribution in [0.25, 0.3) is 0 Å². The Balaban J connectivity index is 2.67. The highest BCUT2D eigenvalue weighted by atomic mass is 16.3. The molecule has 3 N–H and O–H groups in total. The lowest BCUT2D eigenvalue weighted by molar-refractivity contribution is 0.0440. The van der Waals surface area contributed by atoms with Gasteiger partial charge in [0.1, 0.15) is 0 Å². The smallest absolute Gasteiger partial charge is 0.0436 e. The van der Waals surface area contributed by atoms with Gasteiger partial charge in [0.2, 0.25) is 0 Å². The van der Waals surface area contributed by atoms with Crippen LogP contribution in [0.5, 0.6) is 0 Å². The number of hydrogen-bond acceptors (Lipinski definition) is 2. The molecular formula is C15H31NO. The molecule has 0 aromatic carbocycles. The summed E-state index contributed by atoms with van der Waals surface area (Å²) in [5, 5.41) is 9.30. The summed E-state index contributed by atoms with van der Waals surface area (Å²) in [5.74, 6) is 0.818. The SMILES string of the molecule is CCC(N)C1(CCO)CCC(C(C)(C)C)CC1. The van der Waals surface area contributed by atoms with E-state index in [1.54, 1.807) is 0 Å². The van der Waals surface area contributed by atoms with Crippen molar-refractivity contribution in [3.63, 3.8) is 0 Å². The van der Waals surface area contributed by atoms with E-state index in [1.807, 2.05) is 0 Å². The molecule has 0 amide bonds. The van der Waals surface area contributed by atoms with Crippen molar-refractivity contribution in [3.8, 4) is 0 Å². The number of hydrogen-bond donors (Lipinski definition) is 2. The molecule has 17 heavy (non-hydrogen) atoms. The molecule has 1 atom stereocenters. The third kappa shape index (κ3) is 3.45. The second-order valence-electron chi connectivity index (χ2n) is 6.99. The Kier molecular flexibility index (Phi) is 5.03. The molecule has 0 spiro atoms. The molecule has 0 radical (unpaired) electrons. The zero-order valence-electron chi connectivity index (χ0n) is 12.1. The van der Waals surface area contributed by atoms with Gasteiger partial charge in [-0.3, -0.25) is 0 Å². The lowest BCUT2D eigenvalue weighted by Crippen LogP contribution is -2.45. The first-order valence-electron chi connectivity index (χ1n) is 7.22. The highest BCUT2D eigenvalue weighted by Gasteiger charge is 2.41. The van der Waals surface area contributed by atoms with Crippen molar-refractivity contribution in [3.05, 3.63) is 0 Å². The normalized spacial score (nSPS) is 32.5. The monoisotopic (exact) mass is 241 g/mol. The van der Waals surface area contributed by atoms with Gasteiger partial charge in [-0.05, 0) is 55.3 Å². The van der Waals surface area contributed by atoms with Crippen molar-refractivity contribution < 1.29 is 5.11 Å². The van der Waals surface area contributed by atoms with E-state index in [-0.39, 0.29) is 18.1 Å². The fraction of sp³-hybridized carbons (Fsp3) is 1.00. The molecule has 0 saturated heterocycles. The second kappa shape index (κ2) is 5.71. The van der Waals surface area contributed by atoms with Crippen LogP contribution in [-0.2, 0) is 0 Å². The Hall–Kier alpha value is -0.0800. The Morgan fingerprint density at radius 1 is 1.29 bits per heavy atom. The first kappa shape index (κ1) is 15.0. The van der Waals surface area contributed by atoms with Gasteiger partial charge in [0.05, 0.1) is 0 Å². The molecule has 0 aliphatic heterocycles. The van der Waals surface area contributed by atoms with Crippen LogP contribution >= 0.6 is 0 Å². The molecule has 0 heterocycles. The summed E-state index contributed by atoms with van der Waals surface area (Å²) < 4.78 is 0. The Morgan fingerprint density at radius 3 is 2.18 bits per heavy atom. The van der Waals surface area contributed by atoms with E-state index in [4.69, 9.17) is 5.73 Å². The minimum Gasteiger partial charge on any atom is -0.396 e. The summed E-state index contributed by atoms with van der Waals surface area (Å²) in [4.78, 5) is 0. The molecule has 0 bridgehead atoms.